The minimum atomic E-state index is -0.467. The molecular weight excluding hydrogens is 579 g/mol. The summed E-state index contributed by atoms with van der Waals surface area (Å²) in [7, 11) is 5.59. The van der Waals surface area contributed by atoms with Gasteiger partial charge in [0.1, 0.15) is 11.5 Å². The number of likely N-dealkylation sites (N-methyl/N-ethyl adjacent to an activating group) is 1. The van der Waals surface area contributed by atoms with Crippen LogP contribution < -0.4 is 15.8 Å². The molecule has 9 nitrogen and oxygen atoms in total. The molecule has 44 heavy (non-hydrogen) atoms. The van der Waals surface area contributed by atoms with Crippen LogP contribution in [0.5, 0.6) is 0 Å². The lowest BCUT2D eigenvalue weighted by Crippen LogP contribution is -2.46. The minimum absolute atomic E-state index is 0.0867. The van der Waals surface area contributed by atoms with E-state index in [0.717, 1.165) is 55.9 Å². The molecule has 1 fully saturated rings. The fourth-order valence-corrected chi connectivity index (χ4v) is 7.92. The highest BCUT2D eigenvalue weighted by molar-refractivity contribution is 7.14. The van der Waals surface area contributed by atoms with Crippen molar-refractivity contribution < 1.29 is 13.9 Å². The number of fused-ring (bicyclic) bond motifs is 3. The van der Waals surface area contributed by atoms with Gasteiger partial charge >= 0.3 is 0 Å². The highest BCUT2D eigenvalue weighted by atomic mass is 32.1. The maximum absolute atomic E-state index is 15.3. The molecule has 7 rings (SSSR count). The van der Waals surface area contributed by atoms with E-state index in [-0.39, 0.29) is 11.5 Å². The van der Waals surface area contributed by atoms with Crippen molar-refractivity contribution in [2.45, 2.75) is 44.7 Å². The van der Waals surface area contributed by atoms with E-state index in [1.54, 1.807) is 40.2 Å². The molecule has 0 saturated carbocycles. The number of nitrogens with zero attached hydrogens (tertiary/aromatic N) is 5. The minimum Gasteiger partial charge on any atom is -0.378 e. The average molecular weight is 616 g/mol. The summed E-state index contributed by atoms with van der Waals surface area (Å²) in [4.78, 5) is 32.9. The first-order valence-corrected chi connectivity index (χ1v) is 15.9. The topological polar surface area (TPSA) is 84.6 Å². The van der Waals surface area contributed by atoms with Gasteiger partial charge in [0, 0.05) is 49.9 Å². The Balaban J connectivity index is 1.19. The molecule has 3 aliphatic rings. The molecule has 1 radical (unpaired) electrons. The Morgan fingerprint density at radius 3 is 2.68 bits per heavy atom. The highest BCUT2D eigenvalue weighted by Gasteiger charge is 2.33. The molecule has 229 valence electrons. The molecule has 0 spiro atoms. The Morgan fingerprint density at radius 1 is 1.11 bits per heavy atom. The first-order valence-electron chi connectivity index (χ1n) is 15.1. The van der Waals surface area contributed by atoms with Gasteiger partial charge in [-0.1, -0.05) is 0 Å². The number of aryl methyl sites for hydroxylation is 3. The second-order valence-electron chi connectivity index (χ2n) is 12.1. The largest absolute Gasteiger partial charge is 0.378 e. The standard InChI is InChI=1S/C33H36FN6O3S/c1-19-26(12-21(34)13-28(19)40-10-9-25-24-7-5-6-8-29(24)44-31(25)33(40)42)20-11-27(32(41)38(3)15-20)35-30-14-22(39(4)36-30)16-37(2)23-17-43-18-23/h11-15,23H,1,5-10,16-18H2,2-4H3,(H,35,36). The molecule has 4 aromatic rings. The molecule has 3 aromatic heterocycles. The highest BCUT2D eigenvalue weighted by Crippen LogP contribution is 2.40. The average Bonchev–Trinajstić information content (AvgIpc) is 3.51. The van der Waals surface area contributed by atoms with Crippen LogP contribution in [-0.2, 0) is 44.6 Å². The van der Waals surface area contributed by atoms with Crippen LogP contribution in [0.15, 0.2) is 35.3 Å². The zero-order valence-corrected chi connectivity index (χ0v) is 26.1. The van der Waals surface area contributed by atoms with Gasteiger partial charge in [0.25, 0.3) is 11.5 Å². The molecule has 1 aromatic carbocycles. The number of carbonyl (C=O) groups is 1. The summed E-state index contributed by atoms with van der Waals surface area (Å²) >= 11 is 1.60. The molecule has 1 N–H and O–H groups in total. The van der Waals surface area contributed by atoms with Crippen molar-refractivity contribution in [3.05, 3.63) is 85.7 Å². The predicted octanol–water partition coefficient (Wildman–Crippen LogP) is 4.82. The molecule has 2 aliphatic heterocycles. The van der Waals surface area contributed by atoms with E-state index >= 15 is 4.39 Å². The number of thiophene rings is 1. The van der Waals surface area contributed by atoms with Crippen LogP contribution in [0.2, 0.25) is 0 Å². The number of pyridine rings is 1. The molecule has 1 amide bonds. The fourth-order valence-electron chi connectivity index (χ4n) is 6.53. The normalized spacial score (nSPS) is 16.7. The van der Waals surface area contributed by atoms with Gasteiger partial charge < -0.3 is 19.5 Å². The Bertz CT molecular complexity index is 1840. The summed E-state index contributed by atoms with van der Waals surface area (Å²) in [6.45, 7) is 6.93. The smallest absolute Gasteiger partial charge is 0.274 e. The summed E-state index contributed by atoms with van der Waals surface area (Å²) in [6.07, 6.45) is 6.81. The second-order valence-corrected chi connectivity index (χ2v) is 13.2. The van der Waals surface area contributed by atoms with Crippen LogP contribution in [0, 0.1) is 12.7 Å². The lowest BCUT2D eigenvalue weighted by Gasteiger charge is -2.34. The number of hydrogen-bond acceptors (Lipinski definition) is 7. The van der Waals surface area contributed by atoms with Crippen LogP contribution in [-0.4, -0.2) is 58.0 Å². The van der Waals surface area contributed by atoms with Gasteiger partial charge in [-0.15, -0.1) is 11.3 Å². The van der Waals surface area contributed by atoms with Crippen molar-refractivity contribution >= 4 is 34.4 Å². The molecule has 1 saturated heterocycles. The zero-order chi connectivity index (χ0) is 30.7. The van der Waals surface area contributed by atoms with Crippen molar-refractivity contribution in [2.24, 2.45) is 14.1 Å². The number of anilines is 3. The van der Waals surface area contributed by atoms with E-state index in [1.807, 2.05) is 13.1 Å². The number of nitrogens with one attached hydrogen (secondary N) is 1. The van der Waals surface area contributed by atoms with Crippen LogP contribution in [0.1, 0.15) is 49.8 Å². The van der Waals surface area contributed by atoms with Crippen LogP contribution in [0.4, 0.5) is 21.6 Å². The summed E-state index contributed by atoms with van der Waals surface area (Å²) in [5.74, 6) is -0.0142. The lowest BCUT2D eigenvalue weighted by molar-refractivity contribution is -0.0592. The van der Waals surface area contributed by atoms with Gasteiger partial charge in [-0.3, -0.25) is 19.2 Å². The van der Waals surface area contributed by atoms with Crippen molar-refractivity contribution in [3.8, 4) is 11.1 Å². The number of halogens is 1. The van der Waals surface area contributed by atoms with E-state index in [1.165, 1.54) is 32.7 Å². The Hall–Kier alpha value is -3.80. The lowest BCUT2D eigenvalue weighted by atomic mass is 9.91. The Labute approximate surface area is 259 Å². The third kappa shape index (κ3) is 5.06. The summed E-state index contributed by atoms with van der Waals surface area (Å²) in [5.41, 5.74) is 5.73. The third-order valence-electron chi connectivity index (χ3n) is 9.18. The van der Waals surface area contributed by atoms with Crippen LogP contribution in [0.25, 0.3) is 11.1 Å². The van der Waals surface area contributed by atoms with Crippen molar-refractivity contribution in [3.63, 3.8) is 0 Å². The van der Waals surface area contributed by atoms with E-state index in [9.17, 15) is 9.59 Å². The van der Waals surface area contributed by atoms with E-state index in [2.05, 4.69) is 29.3 Å². The number of carbonyl (C=O) groups excluding carboxylic acids is 1. The maximum Gasteiger partial charge on any atom is 0.274 e. The number of aromatic nitrogens is 3. The third-order valence-corrected chi connectivity index (χ3v) is 10.5. The SMILES string of the molecule is [CH2]c1c(-c2cc(Nc3cc(CN(C)C4COC4)n(C)n3)c(=O)n(C)c2)cc(F)cc1N1CCc2c(sc3c2CCCC3)C1=O. The number of rotatable bonds is 7. The molecule has 5 heterocycles. The number of amides is 1. The van der Waals surface area contributed by atoms with Crippen molar-refractivity contribution in [1.29, 1.82) is 0 Å². The van der Waals surface area contributed by atoms with Gasteiger partial charge in [0.05, 0.1) is 35.5 Å². The fraction of sp³-hybridized carbons (Fsp3) is 0.394. The number of ether oxygens (including phenoxy) is 1. The van der Waals surface area contributed by atoms with Gasteiger partial charge in [-0.05, 0) is 86.5 Å². The summed E-state index contributed by atoms with van der Waals surface area (Å²) in [6, 6.07) is 6.82. The Morgan fingerprint density at radius 2 is 1.91 bits per heavy atom. The summed E-state index contributed by atoms with van der Waals surface area (Å²) < 4.78 is 23.8. The van der Waals surface area contributed by atoms with Crippen molar-refractivity contribution in [1.82, 2.24) is 19.2 Å². The maximum atomic E-state index is 15.3. The second kappa shape index (κ2) is 11.3. The zero-order valence-electron chi connectivity index (χ0n) is 25.3. The quantitative estimate of drug-likeness (QED) is 0.321. The number of hydrogen-bond donors (Lipinski definition) is 1. The van der Waals surface area contributed by atoms with E-state index in [4.69, 9.17) is 4.74 Å². The molecule has 0 unspecified atom stereocenters. The van der Waals surface area contributed by atoms with Gasteiger partial charge in [0.15, 0.2) is 5.82 Å². The van der Waals surface area contributed by atoms with E-state index < -0.39 is 5.82 Å². The van der Waals surface area contributed by atoms with Gasteiger partial charge in [-0.2, -0.15) is 5.10 Å². The van der Waals surface area contributed by atoms with Crippen LogP contribution in [0.3, 0.4) is 0 Å². The molecule has 0 atom stereocenters. The van der Waals surface area contributed by atoms with Crippen molar-refractivity contribution in [2.75, 3.05) is 37.0 Å². The first-order chi connectivity index (χ1) is 21.2. The van der Waals surface area contributed by atoms with E-state index in [0.29, 0.717) is 53.0 Å². The summed E-state index contributed by atoms with van der Waals surface area (Å²) in [5, 5.41) is 7.76. The first kappa shape index (κ1) is 28.9. The van der Waals surface area contributed by atoms with Gasteiger partial charge in [0.2, 0.25) is 0 Å². The molecule has 0 bridgehead atoms. The number of benzene rings is 1. The monoisotopic (exact) mass is 615 g/mol. The molecule has 1 aliphatic carbocycles. The molecule has 11 heteroatoms. The molecular formula is C33H36FN6O3S. The van der Waals surface area contributed by atoms with Gasteiger partial charge in [-0.25, -0.2) is 4.39 Å². The Kier molecular flexibility index (Phi) is 7.42. The predicted molar refractivity (Wildman–Crippen MR) is 170 cm³/mol. The van der Waals surface area contributed by atoms with Crippen LogP contribution >= 0.6 is 11.3 Å².